The third-order valence-corrected chi connectivity index (χ3v) is 5.10. The third-order valence-electron chi connectivity index (χ3n) is 4.44. The van der Waals surface area contributed by atoms with Crippen molar-refractivity contribution in [2.45, 2.75) is 12.8 Å². The summed E-state index contributed by atoms with van der Waals surface area (Å²) in [6.07, 6.45) is 1.54. The molecule has 8 nitrogen and oxygen atoms in total. The minimum atomic E-state index is -0.485. The molecule has 0 radical (unpaired) electrons. The molecule has 0 spiro atoms. The molecule has 9 heteroatoms. The van der Waals surface area contributed by atoms with E-state index in [-0.39, 0.29) is 18.1 Å². The van der Waals surface area contributed by atoms with Gasteiger partial charge in [-0.25, -0.2) is 0 Å². The minimum Gasteiger partial charge on any atom is -0.361 e. The summed E-state index contributed by atoms with van der Waals surface area (Å²) in [6.45, 7) is 0.908. The molecule has 0 aliphatic rings. The predicted octanol–water partition coefficient (Wildman–Crippen LogP) is 4.52. The Morgan fingerprint density at radius 1 is 1.23 bits per heavy atom. The first-order valence-electron chi connectivity index (χ1n) is 9.36. The summed E-state index contributed by atoms with van der Waals surface area (Å²) in [6, 6.07) is 16.0. The van der Waals surface area contributed by atoms with Gasteiger partial charge in [0.2, 0.25) is 5.91 Å². The fraction of sp³-hybridized carbons (Fsp3) is 0.238. The molecule has 0 atom stereocenters. The first-order valence-corrected chi connectivity index (χ1v) is 10.1. The molecule has 30 heavy (non-hydrogen) atoms. The lowest BCUT2D eigenvalue weighted by Gasteiger charge is -2.16. The predicted molar refractivity (Wildman–Crippen MR) is 117 cm³/mol. The largest absolute Gasteiger partial charge is 0.361 e. The third kappa shape index (κ3) is 5.98. The molecule has 3 aromatic rings. The van der Waals surface area contributed by atoms with E-state index in [1.165, 1.54) is 18.2 Å². The summed E-state index contributed by atoms with van der Waals surface area (Å²) in [4.78, 5) is 24.5. The standard InChI is InChI=1S/C21H21BrN4O4/c1-25(14-21(27)23-19-10-9-16(26(28)29)12-18(19)22)11-5-8-17-13-20(24-30-17)15-6-3-2-4-7-15/h2-4,6-7,9-10,12-13H,5,8,11,14H2,1H3,(H,23,27). The molecule has 0 fully saturated rings. The highest BCUT2D eigenvalue weighted by molar-refractivity contribution is 9.10. The molecule has 0 bridgehead atoms. The zero-order valence-corrected chi connectivity index (χ0v) is 18.0. The van der Waals surface area contributed by atoms with Crippen molar-refractivity contribution in [3.8, 4) is 11.3 Å². The highest BCUT2D eigenvalue weighted by atomic mass is 79.9. The van der Waals surface area contributed by atoms with Crippen molar-refractivity contribution >= 4 is 33.2 Å². The van der Waals surface area contributed by atoms with Gasteiger partial charge in [0.05, 0.1) is 17.2 Å². The average Bonchev–Trinajstić information content (AvgIpc) is 3.19. The lowest BCUT2D eigenvalue weighted by atomic mass is 10.1. The van der Waals surface area contributed by atoms with Crippen LogP contribution in [-0.4, -0.2) is 41.0 Å². The zero-order valence-electron chi connectivity index (χ0n) is 16.4. The van der Waals surface area contributed by atoms with Crippen molar-refractivity contribution in [1.82, 2.24) is 10.1 Å². The summed E-state index contributed by atoms with van der Waals surface area (Å²) in [5.74, 6) is 0.611. The van der Waals surface area contributed by atoms with Gasteiger partial charge in [0.1, 0.15) is 11.5 Å². The van der Waals surface area contributed by atoms with Crippen LogP contribution in [0.15, 0.2) is 63.6 Å². The normalized spacial score (nSPS) is 10.9. The molecule has 1 heterocycles. The van der Waals surface area contributed by atoms with Crippen LogP contribution in [0.5, 0.6) is 0 Å². The number of carbonyl (C=O) groups is 1. The van der Waals surface area contributed by atoms with Crippen LogP contribution >= 0.6 is 15.9 Å². The lowest BCUT2D eigenvalue weighted by molar-refractivity contribution is -0.384. The molecule has 1 N–H and O–H groups in total. The smallest absolute Gasteiger partial charge is 0.270 e. The van der Waals surface area contributed by atoms with E-state index >= 15 is 0 Å². The summed E-state index contributed by atoms with van der Waals surface area (Å²) in [5, 5.41) is 17.7. The molecule has 1 aromatic heterocycles. The second kappa shape index (κ2) is 10.1. The molecule has 0 unspecified atom stereocenters. The number of likely N-dealkylation sites (N-methyl/N-ethyl adjacent to an activating group) is 1. The number of nitro benzene ring substituents is 1. The van der Waals surface area contributed by atoms with Gasteiger partial charge in [-0.05, 0) is 42.0 Å². The molecular formula is C21H21BrN4O4. The van der Waals surface area contributed by atoms with Crippen LogP contribution in [0.1, 0.15) is 12.2 Å². The number of anilines is 1. The van der Waals surface area contributed by atoms with Gasteiger partial charge >= 0.3 is 0 Å². The van der Waals surface area contributed by atoms with Gasteiger partial charge in [-0.3, -0.25) is 19.8 Å². The molecule has 0 aliphatic heterocycles. The Morgan fingerprint density at radius 2 is 2.00 bits per heavy atom. The quantitative estimate of drug-likeness (QED) is 0.362. The van der Waals surface area contributed by atoms with Gasteiger partial charge in [-0.1, -0.05) is 35.5 Å². The van der Waals surface area contributed by atoms with Gasteiger partial charge in [0.25, 0.3) is 5.69 Å². The summed E-state index contributed by atoms with van der Waals surface area (Å²) in [5.41, 5.74) is 2.28. The van der Waals surface area contributed by atoms with E-state index in [2.05, 4.69) is 26.4 Å². The molecule has 156 valence electrons. The number of benzene rings is 2. The highest BCUT2D eigenvalue weighted by Gasteiger charge is 2.13. The van der Waals surface area contributed by atoms with E-state index in [1.54, 1.807) is 0 Å². The molecular weight excluding hydrogens is 452 g/mol. The van der Waals surface area contributed by atoms with Crippen LogP contribution in [0.25, 0.3) is 11.3 Å². The van der Waals surface area contributed by atoms with E-state index in [0.717, 1.165) is 29.9 Å². The number of hydrogen-bond donors (Lipinski definition) is 1. The molecule has 2 aromatic carbocycles. The Hall–Kier alpha value is -3.04. The van der Waals surface area contributed by atoms with Gasteiger partial charge in [-0.2, -0.15) is 0 Å². The van der Waals surface area contributed by atoms with Crippen LogP contribution in [0, 0.1) is 10.1 Å². The van der Waals surface area contributed by atoms with Crippen molar-refractivity contribution in [1.29, 1.82) is 0 Å². The second-order valence-corrected chi connectivity index (χ2v) is 7.71. The summed E-state index contributed by atoms with van der Waals surface area (Å²) < 4.78 is 5.86. The van der Waals surface area contributed by atoms with Crippen molar-refractivity contribution in [2.24, 2.45) is 0 Å². The Labute approximate surface area is 182 Å². The number of carbonyl (C=O) groups excluding carboxylic acids is 1. The van der Waals surface area contributed by atoms with Crippen molar-refractivity contribution in [3.05, 3.63) is 74.9 Å². The Balaban J connectivity index is 1.43. The zero-order chi connectivity index (χ0) is 21.5. The number of nitrogens with one attached hydrogen (secondary N) is 1. The van der Waals surface area contributed by atoms with Crippen LogP contribution in [0.2, 0.25) is 0 Å². The Bertz CT molecular complexity index is 1020. The Morgan fingerprint density at radius 3 is 2.70 bits per heavy atom. The minimum absolute atomic E-state index is 0.0418. The van der Waals surface area contributed by atoms with E-state index < -0.39 is 4.92 Å². The average molecular weight is 473 g/mol. The van der Waals surface area contributed by atoms with Crippen LogP contribution in [0.4, 0.5) is 11.4 Å². The molecule has 0 aliphatic carbocycles. The van der Waals surface area contributed by atoms with Gasteiger partial charge in [-0.15, -0.1) is 0 Å². The van der Waals surface area contributed by atoms with Gasteiger partial charge < -0.3 is 9.84 Å². The van der Waals surface area contributed by atoms with Crippen molar-refractivity contribution in [2.75, 3.05) is 25.5 Å². The van der Waals surface area contributed by atoms with Crippen molar-refractivity contribution in [3.63, 3.8) is 0 Å². The number of amides is 1. The number of aromatic nitrogens is 1. The molecule has 3 rings (SSSR count). The number of non-ortho nitro benzene ring substituents is 1. The van der Waals surface area contributed by atoms with Crippen LogP contribution in [-0.2, 0) is 11.2 Å². The lowest BCUT2D eigenvalue weighted by Crippen LogP contribution is -2.31. The van der Waals surface area contributed by atoms with Gasteiger partial charge in [0.15, 0.2) is 0 Å². The van der Waals surface area contributed by atoms with Gasteiger partial charge in [0, 0.05) is 34.7 Å². The molecule has 0 saturated heterocycles. The highest BCUT2D eigenvalue weighted by Crippen LogP contribution is 2.27. The summed E-state index contributed by atoms with van der Waals surface area (Å²) >= 11 is 3.25. The SMILES string of the molecule is CN(CCCc1cc(-c2ccccc2)no1)CC(=O)Nc1ccc([N+](=O)[O-])cc1Br. The first kappa shape index (κ1) is 21.7. The number of rotatable bonds is 9. The van der Waals surface area contributed by atoms with E-state index in [9.17, 15) is 14.9 Å². The van der Waals surface area contributed by atoms with Crippen LogP contribution < -0.4 is 5.32 Å². The monoisotopic (exact) mass is 472 g/mol. The van der Waals surface area contributed by atoms with E-state index in [4.69, 9.17) is 4.52 Å². The summed E-state index contributed by atoms with van der Waals surface area (Å²) in [7, 11) is 1.86. The van der Waals surface area contributed by atoms with E-state index in [0.29, 0.717) is 16.7 Å². The number of nitro groups is 1. The van der Waals surface area contributed by atoms with E-state index in [1.807, 2.05) is 48.3 Å². The molecule has 0 saturated carbocycles. The topological polar surface area (TPSA) is 102 Å². The maximum atomic E-state index is 12.3. The number of aryl methyl sites for hydroxylation is 1. The number of nitrogens with zero attached hydrogens (tertiary/aromatic N) is 3. The van der Waals surface area contributed by atoms with Crippen LogP contribution in [0.3, 0.4) is 0 Å². The molecule has 1 amide bonds. The number of halogens is 1. The number of hydrogen-bond acceptors (Lipinski definition) is 6. The Kier molecular flexibility index (Phi) is 7.31. The fourth-order valence-corrected chi connectivity index (χ4v) is 3.40. The second-order valence-electron chi connectivity index (χ2n) is 6.86. The first-order chi connectivity index (χ1) is 14.4. The maximum Gasteiger partial charge on any atom is 0.270 e. The fourth-order valence-electron chi connectivity index (χ4n) is 2.93. The van der Waals surface area contributed by atoms with Crippen molar-refractivity contribution < 1.29 is 14.2 Å². The maximum absolute atomic E-state index is 12.3.